The summed E-state index contributed by atoms with van der Waals surface area (Å²) in [5.74, 6) is 1.42. The summed E-state index contributed by atoms with van der Waals surface area (Å²) in [5.41, 5.74) is 1.44. The molecule has 1 saturated heterocycles. The van der Waals surface area contributed by atoms with Crippen molar-refractivity contribution in [2.24, 2.45) is 5.92 Å². The number of carbonyl (C=O) groups excluding carboxylic acids is 1. The van der Waals surface area contributed by atoms with Crippen LogP contribution < -0.4 is 5.32 Å². The molecule has 1 atom stereocenters. The van der Waals surface area contributed by atoms with Gasteiger partial charge in [0.25, 0.3) is 0 Å². The second-order valence-corrected chi connectivity index (χ2v) is 6.49. The van der Waals surface area contributed by atoms with Gasteiger partial charge in [0.15, 0.2) is 5.65 Å². The first-order valence-corrected chi connectivity index (χ1v) is 8.43. The molecule has 6 nitrogen and oxygen atoms in total. The second kappa shape index (κ2) is 6.10. The fourth-order valence-electron chi connectivity index (χ4n) is 3.65. The van der Waals surface area contributed by atoms with Crippen molar-refractivity contribution in [3.8, 4) is 0 Å². The highest BCUT2D eigenvalue weighted by atomic mass is 16.2. The number of anilines is 1. The van der Waals surface area contributed by atoms with Gasteiger partial charge < -0.3 is 10.2 Å². The number of hydrogen-bond acceptors (Lipinski definition) is 5. The average Bonchev–Trinajstić information content (AvgIpc) is 3.26. The van der Waals surface area contributed by atoms with Gasteiger partial charge in [0, 0.05) is 37.4 Å². The maximum atomic E-state index is 12.5. The number of fused-ring (bicyclic) bond motifs is 1. The van der Waals surface area contributed by atoms with Gasteiger partial charge in [-0.1, -0.05) is 12.8 Å². The van der Waals surface area contributed by atoms with Gasteiger partial charge in [-0.3, -0.25) is 9.78 Å². The normalized spacial score (nSPS) is 21.9. The molecule has 23 heavy (non-hydrogen) atoms. The van der Waals surface area contributed by atoms with Crippen molar-refractivity contribution in [2.45, 2.75) is 38.1 Å². The Bertz CT molecular complexity index is 713. The van der Waals surface area contributed by atoms with Crippen molar-refractivity contribution in [1.29, 1.82) is 0 Å². The molecule has 0 radical (unpaired) electrons. The van der Waals surface area contributed by atoms with E-state index in [9.17, 15) is 4.79 Å². The van der Waals surface area contributed by atoms with Gasteiger partial charge in [-0.2, -0.15) is 0 Å². The summed E-state index contributed by atoms with van der Waals surface area (Å²) in [6.45, 7) is 1.62. The van der Waals surface area contributed by atoms with Crippen LogP contribution >= 0.6 is 0 Å². The van der Waals surface area contributed by atoms with Crippen LogP contribution in [0.1, 0.15) is 32.1 Å². The predicted octanol–water partition coefficient (Wildman–Crippen LogP) is 2.23. The Morgan fingerprint density at radius 3 is 2.83 bits per heavy atom. The van der Waals surface area contributed by atoms with Gasteiger partial charge in [-0.05, 0) is 31.4 Å². The van der Waals surface area contributed by atoms with E-state index in [2.05, 4.69) is 20.3 Å². The van der Waals surface area contributed by atoms with Crippen LogP contribution in [0, 0.1) is 5.92 Å². The Morgan fingerprint density at radius 1 is 1.13 bits per heavy atom. The zero-order chi connectivity index (χ0) is 15.6. The van der Waals surface area contributed by atoms with E-state index in [-0.39, 0.29) is 12.0 Å². The molecule has 0 spiro atoms. The van der Waals surface area contributed by atoms with Crippen molar-refractivity contribution < 1.29 is 4.79 Å². The summed E-state index contributed by atoms with van der Waals surface area (Å²) in [6, 6.07) is 4.12. The third-order valence-electron chi connectivity index (χ3n) is 4.89. The highest BCUT2D eigenvalue weighted by molar-refractivity contribution is 5.79. The molecule has 2 aromatic rings. The number of likely N-dealkylation sites (tertiary alicyclic amines) is 1. The molecule has 1 amide bonds. The number of hydrogen-bond donors (Lipinski definition) is 1. The van der Waals surface area contributed by atoms with E-state index in [1.165, 1.54) is 12.8 Å². The quantitative estimate of drug-likeness (QED) is 0.941. The summed E-state index contributed by atoms with van der Waals surface area (Å²) < 4.78 is 0. The molecular formula is C17H21N5O. The van der Waals surface area contributed by atoms with Crippen LogP contribution in [-0.2, 0) is 4.79 Å². The monoisotopic (exact) mass is 311 g/mol. The number of nitrogens with zero attached hydrogens (tertiary/aromatic N) is 4. The predicted molar refractivity (Wildman–Crippen MR) is 87.9 cm³/mol. The lowest BCUT2D eigenvalue weighted by atomic mass is 10.1. The van der Waals surface area contributed by atoms with Crippen LogP contribution in [-0.4, -0.2) is 44.9 Å². The van der Waals surface area contributed by atoms with E-state index in [4.69, 9.17) is 0 Å². The lowest BCUT2D eigenvalue weighted by molar-refractivity contribution is -0.134. The SMILES string of the molecule is O=C(C1CCCC1)N1CCC(Nc2ccc3nccnc3n2)C1. The molecule has 1 saturated carbocycles. The Kier molecular flexibility index (Phi) is 3.81. The summed E-state index contributed by atoms with van der Waals surface area (Å²) >= 11 is 0. The van der Waals surface area contributed by atoms with Crippen LogP contribution in [0.15, 0.2) is 24.5 Å². The molecule has 1 aliphatic carbocycles. The highest BCUT2D eigenvalue weighted by Gasteiger charge is 2.32. The minimum atomic E-state index is 0.266. The van der Waals surface area contributed by atoms with E-state index < -0.39 is 0 Å². The van der Waals surface area contributed by atoms with E-state index in [1.54, 1.807) is 12.4 Å². The van der Waals surface area contributed by atoms with Gasteiger partial charge in [0.2, 0.25) is 5.91 Å². The largest absolute Gasteiger partial charge is 0.365 e. The van der Waals surface area contributed by atoms with E-state index in [0.717, 1.165) is 43.7 Å². The molecule has 2 aliphatic rings. The number of rotatable bonds is 3. The number of amides is 1. The van der Waals surface area contributed by atoms with Gasteiger partial charge in [-0.25, -0.2) is 9.97 Å². The number of aromatic nitrogens is 3. The molecule has 4 rings (SSSR count). The maximum absolute atomic E-state index is 12.5. The van der Waals surface area contributed by atoms with Gasteiger partial charge >= 0.3 is 0 Å². The zero-order valence-electron chi connectivity index (χ0n) is 13.1. The molecule has 2 aromatic heterocycles. The third-order valence-corrected chi connectivity index (χ3v) is 4.89. The molecule has 1 unspecified atom stereocenters. The first kappa shape index (κ1) is 14.4. The smallest absolute Gasteiger partial charge is 0.225 e. The molecule has 120 valence electrons. The Morgan fingerprint density at radius 2 is 1.96 bits per heavy atom. The molecule has 2 fully saturated rings. The maximum Gasteiger partial charge on any atom is 0.225 e. The van der Waals surface area contributed by atoms with Crippen LogP contribution in [0.5, 0.6) is 0 Å². The molecule has 3 heterocycles. The first-order valence-electron chi connectivity index (χ1n) is 8.43. The topological polar surface area (TPSA) is 71.0 Å². The third kappa shape index (κ3) is 2.98. The molecule has 6 heteroatoms. The summed E-state index contributed by atoms with van der Waals surface area (Å²) in [6.07, 6.45) is 8.83. The first-order chi connectivity index (χ1) is 11.3. The molecular weight excluding hydrogens is 290 g/mol. The number of carbonyl (C=O) groups is 1. The van der Waals surface area contributed by atoms with Crippen molar-refractivity contribution in [3.63, 3.8) is 0 Å². The minimum Gasteiger partial charge on any atom is -0.365 e. The molecule has 0 aromatic carbocycles. The zero-order valence-corrected chi connectivity index (χ0v) is 13.1. The van der Waals surface area contributed by atoms with Crippen LogP contribution in [0.3, 0.4) is 0 Å². The lowest BCUT2D eigenvalue weighted by Crippen LogP contribution is -2.35. The Hall–Kier alpha value is -2.24. The highest BCUT2D eigenvalue weighted by Crippen LogP contribution is 2.28. The van der Waals surface area contributed by atoms with Crippen molar-refractivity contribution >= 4 is 22.9 Å². The van der Waals surface area contributed by atoms with E-state index >= 15 is 0 Å². The fourth-order valence-corrected chi connectivity index (χ4v) is 3.65. The van der Waals surface area contributed by atoms with Crippen molar-refractivity contribution in [2.75, 3.05) is 18.4 Å². The van der Waals surface area contributed by atoms with Crippen molar-refractivity contribution in [3.05, 3.63) is 24.5 Å². The van der Waals surface area contributed by atoms with Gasteiger partial charge in [-0.15, -0.1) is 0 Å². The van der Waals surface area contributed by atoms with Gasteiger partial charge in [0.1, 0.15) is 11.3 Å². The van der Waals surface area contributed by atoms with E-state index in [1.807, 2.05) is 17.0 Å². The number of pyridine rings is 1. The fraction of sp³-hybridized carbons (Fsp3) is 0.529. The molecule has 0 bridgehead atoms. The van der Waals surface area contributed by atoms with Crippen LogP contribution in [0.2, 0.25) is 0 Å². The van der Waals surface area contributed by atoms with E-state index in [0.29, 0.717) is 11.6 Å². The average molecular weight is 311 g/mol. The lowest BCUT2D eigenvalue weighted by Gasteiger charge is -2.20. The summed E-state index contributed by atoms with van der Waals surface area (Å²) in [7, 11) is 0. The van der Waals surface area contributed by atoms with Crippen LogP contribution in [0.25, 0.3) is 11.2 Å². The van der Waals surface area contributed by atoms with Gasteiger partial charge in [0.05, 0.1) is 0 Å². The second-order valence-electron chi connectivity index (χ2n) is 6.49. The van der Waals surface area contributed by atoms with Crippen LogP contribution in [0.4, 0.5) is 5.82 Å². The molecule has 1 N–H and O–H groups in total. The number of nitrogens with one attached hydrogen (secondary N) is 1. The summed E-state index contributed by atoms with van der Waals surface area (Å²) in [4.78, 5) is 27.5. The Labute approximate surface area is 135 Å². The summed E-state index contributed by atoms with van der Waals surface area (Å²) in [5, 5.41) is 3.44. The standard InChI is InChI=1S/C17H21N5O/c23-17(12-3-1-2-4-12)22-10-7-13(11-22)20-15-6-5-14-16(21-15)19-9-8-18-14/h5-6,8-9,12-13H,1-4,7,10-11H2,(H,19,20,21). The minimum absolute atomic E-state index is 0.266. The Balaban J connectivity index is 1.40. The molecule has 1 aliphatic heterocycles. The van der Waals surface area contributed by atoms with Crippen molar-refractivity contribution in [1.82, 2.24) is 19.9 Å².